The average Bonchev–Trinajstić information content (AvgIpc) is 2.71. The van der Waals surface area contributed by atoms with Gasteiger partial charge < -0.3 is 21.3 Å². The van der Waals surface area contributed by atoms with Gasteiger partial charge in [-0.05, 0) is 36.9 Å². The number of urea groups is 1. The molecule has 1 aliphatic heterocycles. The molecule has 0 unspecified atom stereocenters. The molecule has 1 aromatic carbocycles. The first-order chi connectivity index (χ1) is 10.1. The predicted molar refractivity (Wildman–Crippen MR) is 82.7 cm³/mol. The lowest BCUT2D eigenvalue weighted by Gasteiger charge is -2.39. The third-order valence-corrected chi connectivity index (χ3v) is 4.90. The van der Waals surface area contributed by atoms with Crippen molar-refractivity contribution in [3.63, 3.8) is 0 Å². The molecule has 5 heteroatoms. The zero-order valence-corrected chi connectivity index (χ0v) is 12.6. The van der Waals surface area contributed by atoms with E-state index in [2.05, 4.69) is 22.8 Å². The number of nitrogens with two attached hydrogens (primary N) is 1. The van der Waals surface area contributed by atoms with Crippen LogP contribution in [0.25, 0.3) is 0 Å². The van der Waals surface area contributed by atoms with Crippen molar-refractivity contribution in [2.75, 3.05) is 20.1 Å². The zero-order valence-electron chi connectivity index (χ0n) is 12.6. The molecule has 1 heterocycles. The van der Waals surface area contributed by atoms with Crippen LogP contribution in [0.2, 0.25) is 0 Å². The van der Waals surface area contributed by atoms with Gasteiger partial charge in [-0.1, -0.05) is 24.3 Å². The van der Waals surface area contributed by atoms with E-state index in [4.69, 9.17) is 5.73 Å². The third kappa shape index (κ3) is 2.76. The number of benzene rings is 1. The van der Waals surface area contributed by atoms with Crippen molar-refractivity contribution < 1.29 is 4.79 Å². The molecule has 2 amide bonds. The molecule has 21 heavy (non-hydrogen) atoms. The number of rotatable bonds is 4. The first-order valence-corrected chi connectivity index (χ1v) is 7.65. The quantitative estimate of drug-likeness (QED) is 0.775. The second kappa shape index (κ2) is 5.66. The van der Waals surface area contributed by atoms with Gasteiger partial charge in [-0.15, -0.1) is 0 Å². The number of fused-ring (bicyclic) bond motifs is 1. The number of likely N-dealkylation sites (tertiary alicyclic amines) is 1. The van der Waals surface area contributed by atoms with Crippen LogP contribution in [0.15, 0.2) is 24.3 Å². The van der Waals surface area contributed by atoms with Gasteiger partial charge in [-0.2, -0.15) is 0 Å². The molecule has 1 aliphatic carbocycles. The minimum Gasteiger partial charge on any atom is -0.334 e. The molecule has 0 radical (unpaired) electrons. The Kier molecular flexibility index (Phi) is 3.87. The van der Waals surface area contributed by atoms with Gasteiger partial charge in [-0.3, -0.25) is 0 Å². The van der Waals surface area contributed by atoms with E-state index >= 15 is 0 Å². The highest BCUT2D eigenvalue weighted by molar-refractivity contribution is 5.75. The van der Waals surface area contributed by atoms with Crippen LogP contribution < -0.4 is 16.4 Å². The number of hydrogen-bond donors (Lipinski definition) is 3. The summed E-state index contributed by atoms with van der Waals surface area (Å²) >= 11 is 0. The predicted octanol–water partition coefficient (Wildman–Crippen LogP) is 1.04. The summed E-state index contributed by atoms with van der Waals surface area (Å²) in [5.74, 6) is 0.500. The summed E-state index contributed by atoms with van der Waals surface area (Å²) in [6, 6.07) is 8.18. The molecular formula is C16H24N4O. The van der Waals surface area contributed by atoms with Gasteiger partial charge >= 0.3 is 6.03 Å². The van der Waals surface area contributed by atoms with Crippen molar-refractivity contribution in [3.8, 4) is 0 Å². The van der Waals surface area contributed by atoms with Crippen LogP contribution in [-0.2, 0) is 13.1 Å². The summed E-state index contributed by atoms with van der Waals surface area (Å²) in [4.78, 5) is 14.2. The maximum absolute atomic E-state index is 12.3. The SMILES string of the molecule is CNCc1ccccc1CNC(=O)N1C[C@@H]2CC[C@]2(N)C1. The Bertz CT molecular complexity index is 533. The molecule has 0 bridgehead atoms. The maximum Gasteiger partial charge on any atom is 0.317 e. The number of carbonyl (C=O) groups excluding carboxylic acids is 1. The van der Waals surface area contributed by atoms with Crippen molar-refractivity contribution in [1.82, 2.24) is 15.5 Å². The van der Waals surface area contributed by atoms with E-state index in [-0.39, 0.29) is 11.6 Å². The van der Waals surface area contributed by atoms with Crippen molar-refractivity contribution in [3.05, 3.63) is 35.4 Å². The number of nitrogens with zero attached hydrogens (tertiary/aromatic N) is 1. The molecule has 0 aromatic heterocycles. The lowest BCUT2D eigenvalue weighted by Crippen LogP contribution is -2.55. The van der Waals surface area contributed by atoms with Crippen LogP contribution in [-0.4, -0.2) is 36.6 Å². The molecule has 1 saturated carbocycles. The van der Waals surface area contributed by atoms with Crippen LogP contribution in [0.4, 0.5) is 4.79 Å². The summed E-state index contributed by atoms with van der Waals surface area (Å²) in [6.07, 6.45) is 2.21. The van der Waals surface area contributed by atoms with E-state index < -0.39 is 0 Å². The van der Waals surface area contributed by atoms with Gasteiger partial charge in [0.2, 0.25) is 0 Å². The zero-order chi connectivity index (χ0) is 14.9. The minimum absolute atomic E-state index is 0.00786. The van der Waals surface area contributed by atoms with Gasteiger partial charge in [-0.25, -0.2) is 4.79 Å². The fourth-order valence-electron chi connectivity index (χ4n) is 3.42. The van der Waals surface area contributed by atoms with Crippen molar-refractivity contribution in [2.24, 2.45) is 11.7 Å². The second-order valence-electron chi connectivity index (χ2n) is 6.31. The highest BCUT2D eigenvalue weighted by atomic mass is 16.2. The van der Waals surface area contributed by atoms with Gasteiger partial charge in [0.05, 0.1) is 0 Å². The Labute approximate surface area is 125 Å². The first-order valence-electron chi connectivity index (χ1n) is 7.65. The summed E-state index contributed by atoms with van der Waals surface area (Å²) in [5, 5.41) is 6.18. The standard InChI is InChI=1S/C16H24N4O/c1-18-8-12-4-2-3-5-13(12)9-19-15(21)20-10-14-6-7-16(14,17)11-20/h2-5,14,18H,6-11,17H2,1H3,(H,19,21)/t14-,16-/m0/s1. The summed E-state index contributed by atoms with van der Waals surface area (Å²) in [6.45, 7) is 2.88. The maximum atomic E-state index is 12.3. The summed E-state index contributed by atoms with van der Waals surface area (Å²) < 4.78 is 0. The van der Waals surface area contributed by atoms with Crippen molar-refractivity contribution >= 4 is 6.03 Å². The smallest absolute Gasteiger partial charge is 0.317 e. The highest BCUT2D eigenvalue weighted by Crippen LogP contribution is 2.42. The molecule has 4 N–H and O–H groups in total. The minimum atomic E-state index is -0.110. The molecule has 0 spiro atoms. The van der Waals surface area contributed by atoms with Gasteiger partial charge in [0, 0.05) is 31.7 Å². The van der Waals surface area contributed by atoms with Crippen molar-refractivity contribution in [1.29, 1.82) is 0 Å². The van der Waals surface area contributed by atoms with E-state index in [1.54, 1.807) is 0 Å². The number of nitrogens with one attached hydrogen (secondary N) is 2. The Hall–Kier alpha value is -1.59. The molecule has 3 rings (SSSR count). The monoisotopic (exact) mass is 288 g/mol. The molecular weight excluding hydrogens is 264 g/mol. The Morgan fingerprint density at radius 2 is 2.10 bits per heavy atom. The summed E-state index contributed by atoms with van der Waals surface area (Å²) in [5.41, 5.74) is 8.54. The van der Waals surface area contributed by atoms with Crippen molar-refractivity contribution in [2.45, 2.75) is 31.5 Å². The summed E-state index contributed by atoms with van der Waals surface area (Å²) in [7, 11) is 1.93. The van der Waals surface area contributed by atoms with E-state index in [0.717, 1.165) is 31.5 Å². The van der Waals surface area contributed by atoms with E-state index in [0.29, 0.717) is 19.0 Å². The molecule has 2 atom stereocenters. The molecule has 1 saturated heterocycles. The molecule has 2 fully saturated rings. The molecule has 2 aliphatic rings. The third-order valence-electron chi connectivity index (χ3n) is 4.90. The van der Waals surface area contributed by atoms with E-state index in [1.807, 2.05) is 24.1 Å². The van der Waals surface area contributed by atoms with Gasteiger partial charge in [0.25, 0.3) is 0 Å². The highest BCUT2D eigenvalue weighted by Gasteiger charge is 2.51. The van der Waals surface area contributed by atoms with Crippen LogP contribution >= 0.6 is 0 Å². The molecule has 114 valence electrons. The van der Waals surface area contributed by atoms with Crippen LogP contribution in [0, 0.1) is 5.92 Å². The molecule has 1 aromatic rings. The first kappa shape index (κ1) is 14.4. The normalized spacial score (nSPS) is 27.1. The van der Waals surface area contributed by atoms with E-state index in [1.165, 1.54) is 5.56 Å². The topological polar surface area (TPSA) is 70.4 Å². The van der Waals surface area contributed by atoms with Crippen LogP contribution in [0.5, 0.6) is 0 Å². The number of carbonyl (C=O) groups is 1. The number of amides is 2. The largest absolute Gasteiger partial charge is 0.334 e. The Balaban J connectivity index is 1.57. The fraction of sp³-hybridized carbons (Fsp3) is 0.562. The Morgan fingerprint density at radius 1 is 1.38 bits per heavy atom. The fourth-order valence-corrected chi connectivity index (χ4v) is 3.42. The van der Waals surface area contributed by atoms with Crippen LogP contribution in [0.1, 0.15) is 24.0 Å². The Morgan fingerprint density at radius 3 is 2.62 bits per heavy atom. The number of hydrogen-bond acceptors (Lipinski definition) is 3. The lowest BCUT2D eigenvalue weighted by molar-refractivity contribution is 0.187. The van der Waals surface area contributed by atoms with E-state index in [9.17, 15) is 4.79 Å². The van der Waals surface area contributed by atoms with Crippen LogP contribution in [0.3, 0.4) is 0 Å². The molecule has 5 nitrogen and oxygen atoms in total. The average molecular weight is 288 g/mol. The van der Waals surface area contributed by atoms with Gasteiger partial charge in [0.15, 0.2) is 0 Å². The lowest BCUT2D eigenvalue weighted by atomic mass is 9.70. The van der Waals surface area contributed by atoms with Gasteiger partial charge in [0.1, 0.15) is 0 Å². The second-order valence-corrected chi connectivity index (χ2v) is 6.31.